The first-order valence-electron chi connectivity index (χ1n) is 7.42. The van der Waals surface area contributed by atoms with Gasteiger partial charge in [0, 0.05) is 0 Å². The predicted molar refractivity (Wildman–Crippen MR) is 83.5 cm³/mol. The number of fused-ring (bicyclic) bond motifs is 2. The Bertz CT molecular complexity index is 725. The molecule has 1 aliphatic rings. The second-order valence-electron chi connectivity index (χ2n) is 5.79. The van der Waals surface area contributed by atoms with Gasteiger partial charge < -0.3 is 5.11 Å². The van der Waals surface area contributed by atoms with Crippen molar-refractivity contribution in [1.29, 1.82) is 5.26 Å². The summed E-state index contributed by atoms with van der Waals surface area (Å²) >= 11 is 0. The Kier molecular flexibility index (Phi) is 3.46. The molecule has 1 N–H and O–H groups in total. The highest BCUT2D eigenvalue weighted by atomic mass is 16.4. The monoisotopic (exact) mass is 291 g/mol. The molecular formula is C19H17NO2. The summed E-state index contributed by atoms with van der Waals surface area (Å²) in [7, 11) is 0. The molecule has 3 nitrogen and oxygen atoms in total. The molecular weight excluding hydrogens is 274 g/mol. The molecule has 1 aliphatic carbocycles. The topological polar surface area (TPSA) is 61.1 Å². The van der Waals surface area contributed by atoms with Gasteiger partial charge in [-0.3, -0.25) is 4.79 Å². The van der Waals surface area contributed by atoms with Gasteiger partial charge >= 0.3 is 5.97 Å². The fourth-order valence-corrected chi connectivity index (χ4v) is 3.53. The maximum Gasteiger partial charge on any atom is 0.308 e. The normalized spacial score (nSPS) is 16.5. The maximum absolute atomic E-state index is 11.7. The number of nitrogens with zero attached hydrogens (tertiary/aromatic N) is 1. The largest absolute Gasteiger partial charge is 0.481 e. The first-order chi connectivity index (χ1) is 10.6. The van der Waals surface area contributed by atoms with Crippen molar-refractivity contribution in [3.8, 4) is 6.07 Å². The van der Waals surface area contributed by atoms with Crippen LogP contribution >= 0.6 is 0 Å². The Balaban J connectivity index is 2.40. The van der Waals surface area contributed by atoms with Crippen LogP contribution in [0.25, 0.3) is 0 Å². The molecule has 0 saturated carbocycles. The average Bonchev–Trinajstić information content (AvgIpc) is 2.69. The highest BCUT2D eigenvalue weighted by Crippen LogP contribution is 2.44. The first-order valence-corrected chi connectivity index (χ1v) is 7.42. The van der Waals surface area contributed by atoms with Crippen molar-refractivity contribution in [3.05, 3.63) is 70.8 Å². The summed E-state index contributed by atoms with van der Waals surface area (Å²) in [4.78, 5) is 11.7. The van der Waals surface area contributed by atoms with Crippen molar-refractivity contribution in [1.82, 2.24) is 0 Å². The molecule has 0 unspecified atom stereocenters. The van der Waals surface area contributed by atoms with Crippen LogP contribution in [0, 0.1) is 17.2 Å². The minimum Gasteiger partial charge on any atom is -0.481 e. The van der Waals surface area contributed by atoms with Gasteiger partial charge in [-0.2, -0.15) is 5.26 Å². The summed E-state index contributed by atoms with van der Waals surface area (Å²) in [5, 5.41) is 19.7. The maximum atomic E-state index is 11.7. The van der Waals surface area contributed by atoms with Crippen molar-refractivity contribution in [2.45, 2.75) is 25.2 Å². The lowest BCUT2D eigenvalue weighted by Gasteiger charge is -2.33. The zero-order valence-electron chi connectivity index (χ0n) is 12.4. The van der Waals surface area contributed by atoms with E-state index in [-0.39, 0.29) is 0 Å². The van der Waals surface area contributed by atoms with Crippen LogP contribution in [0.5, 0.6) is 0 Å². The average molecular weight is 291 g/mol. The van der Waals surface area contributed by atoms with E-state index in [4.69, 9.17) is 0 Å². The number of aryl methyl sites for hydroxylation is 2. The van der Waals surface area contributed by atoms with Crippen molar-refractivity contribution in [2.75, 3.05) is 0 Å². The standard InChI is InChI=1S/C19H17NO2/c1-13(18(21)22)19(12-20)16-8-4-2-6-14(16)10-11-15-7-3-5-9-17(15)19/h2-9,13H,10-11H2,1H3,(H,21,22)/t13-/m1/s1. The van der Waals surface area contributed by atoms with E-state index in [0.29, 0.717) is 0 Å². The van der Waals surface area contributed by atoms with Crippen molar-refractivity contribution in [3.63, 3.8) is 0 Å². The lowest BCUT2D eigenvalue weighted by Crippen LogP contribution is -2.39. The molecule has 0 aromatic heterocycles. The van der Waals surface area contributed by atoms with Crippen LogP contribution in [0.2, 0.25) is 0 Å². The van der Waals surface area contributed by atoms with Crippen molar-refractivity contribution >= 4 is 5.97 Å². The first kappa shape index (κ1) is 14.3. The third kappa shape index (κ3) is 1.92. The number of carboxylic acids is 1. The fraction of sp³-hybridized carbons (Fsp3) is 0.263. The molecule has 0 fully saturated rings. The zero-order chi connectivity index (χ0) is 15.7. The van der Waals surface area contributed by atoms with Crippen molar-refractivity contribution < 1.29 is 9.90 Å². The summed E-state index contributed by atoms with van der Waals surface area (Å²) < 4.78 is 0. The minimum absolute atomic E-state index is 0.821. The SMILES string of the molecule is C[C@H](C(=O)O)C1(C#N)c2ccccc2CCc2ccccc21. The van der Waals surface area contributed by atoms with E-state index in [0.717, 1.165) is 35.1 Å². The smallest absolute Gasteiger partial charge is 0.308 e. The third-order valence-electron chi connectivity index (χ3n) is 4.74. The van der Waals surface area contributed by atoms with Gasteiger partial charge in [0.1, 0.15) is 5.41 Å². The summed E-state index contributed by atoms with van der Waals surface area (Å²) in [6, 6.07) is 17.8. The van der Waals surface area contributed by atoms with Gasteiger partial charge in [-0.15, -0.1) is 0 Å². The Morgan fingerprint density at radius 3 is 1.95 bits per heavy atom. The van der Waals surface area contributed by atoms with E-state index in [2.05, 4.69) is 6.07 Å². The summed E-state index contributed by atoms with van der Waals surface area (Å²) in [6.07, 6.45) is 1.64. The molecule has 1 atom stereocenters. The number of benzene rings is 2. The summed E-state index contributed by atoms with van der Waals surface area (Å²) in [6.45, 7) is 1.63. The molecule has 0 heterocycles. The molecule has 0 aliphatic heterocycles. The fourth-order valence-electron chi connectivity index (χ4n) is 3.53. The van der Waals surface area contributed by atoms with Gasteiger partial charge in [0.25, 0.3) is 0 Å². The van der Waals surface area contributed by atoms with Crippen molar-refractivity contribution in [2.24, 2.45) is 5.92 Å². The lowest BCUT2D eigenvalue weighted by molar-refractivity contribution is -0.142. The van der Waals surface area contributed by atoms with E-state index in [1.807, 2.05) is 48.5 Å². The Morgan fingerprint density at radius 1 is 1.09 bits per heavy atom. The summed E-state index contributed by atoms with van der Waals surface area (Å²) in [5.41, 5.74) is 2.65. The highest BCUT2D eigenvalue weighted by Gasteiger charge is 2.47. The van der Waals surface area contributed by atoms with Gasteiger partial charge in [0.15, 0.2) is 0 Å². The van der Waals surface area contributed by atoms with Gasteiger partial charge in [-0.1, -0.05) is 48.5 Å². The van der Waals surface area contributed by atoms with Crippen LogP contribution in [-0.4, -0.2) is 11.1 Å². The van der Waals surface area contributed by atoms with E-state index in [9.17, 15) is 15.2 Å². The van der Waals surface area contributed by atoms with Crippen LogP contribution in [0.1, 0.15) is 29.2 Å². The van der Waals surface area contributed by atoms with Crippen LogP contribution in [0.15, 0.2) is 48.5 Å². The van der Waals surface area contributed by atoms with Crippen LogP contribution < -0.4 is 0 Å². The molecule has 0 spiro atoms. The lowest BCUT2D eigenvalue weighted by atomic mass is 9.66. The molecule has 0 radical (unpaired) electrons. The number of carboxylic acid groups (broad SMARTS) is 1. The second-order valence-corrected chi connectivity index (χ2v) is 5.79. The molecule has 0 bridgehead atoms. The van der Waals surface area contributed by atoms with Gasteiger partial charge in [-0.05, 0) is 42.0 Å². The molecule has 22 heavy (non-hydrogen) atoms. The van der Waals surface area contributed by atoms with Gasteiger partial charge in [0.05, 0.1) is 12.0 Å². The number of hydrogen-bond acceptors (Lipinski definition) is 2. The Hall–Kier alpha value is -2.60. The van der Waals surface area contributed by atoms with Crippen LogP contribution in [0.3, 0.4) is 0 Å². The quantitative estimate of drug-likeness (QED) is 0.923. The molecule has 110 valence electrons. The molecule has 2 aromatic rings. The predicted octanol–water partition coefficient (Wildman–Crippen LogP) is 3.32. The minimum atomic E-state index is -1.14. The number of aliphatic carboxylic acids is 1. The number of carbonyl (C=O) groups is 1. The number of nitriles is 1. The highest BCUT2D eigenvalue weighted by molar-refractivity contribution is 5.76. The number of rotatable bonds is 2. The molecule has 3 heteroatoms. The number of hydrogen-bond donors (Lipinski definition) is 1. The zero-order valence-corrected chi connectivity index (χ0v) is 12.4. The van der Waals surface area contributed by atoms with Gasteiger partial charge in [0.2, 0.25) is 0 Å². The molecule has 2 aromatic carbocycles. The Morgan fingerprint density at radius 2 is 1.55 bits per heavy atom. The van der Waals surface area contributed by atoms with E-state index in [1.54, 1.807) is 6.92 Å². The molecule has 3 rings (SSSR count). The van der Waals surface area contributed by atoms with Crippen LogP contribution in [0.4, 0.5) is 0 Å². The van der Waals surface area contributed by atoms with E-state index < -0.39 is 17.3 Å². The van der Waals surface area contributed by atoms with Gasteiger partial charge in [-0.25, -0.2) is 0 Å². The second kappa shape index (κ2) is 5.31. The van der Waals surface area contributed by atoms with E-state index >= 15 is 0 Å². The summed E-state index contributed by atoms with van der Waals surface area (Å²) in [5.74, 6) is -1.77. The van der Waals surface area contributed by atoms with E-state index in [1.165, 1.54) is 0 Å². The third-order valence-corrected chi connectivity index (χ3v) is 4.74. The molecule has 0 amide bonds. The Labute approximate surface area is 129 Å². The van der Waals surface area contributed by atoms with Crippen LogP contribution in [-0.2, 0) is 23.1 Å². The molecule has 0 saturated heterocycles.